The number of benzene rings is 2. The molecule has 24 heavy (non-hydrogen) atoms. The lowest BCUT2D eigenvalue weighted by molar-refractivity contribution is -0.126. The highest BCUT2D eigenvalue weighted by atomic mass is 16.2. The van der Waals surface area contributed by atoms with Crippen LogP contribution in [0.1, 0.15) is 5.56 Å². The van der Waals surface area contributed by atoms with Gasteiger partial charge in [-0.25, -0.2) is 4.68 Å². The third-order valence-electron chi connectivity index (χ3n) is 3.56. The second-order valence-corrected chi connectivity index (χ2v) is 5.43. The molecule has 2 aromatic carbocycles. The number of aromatic nitrogens is 3. The van der Waals surface area contributed by atoms with Crippen LogP contribution in [-0.2, 0) is 11.5 Å². The first-order valence-corrected chi connectivity index (χ1v) is 7.66. The molecule has 3 aromatic rings. The highest BCUT2D eigenvalue weighted by Crippen LogP contribution is 2.14. The Labute approximate surface area is 140 Å². The minimum atomic E-state index is -0.0874. The molecule has 0 bridgehead atoms. The van der Waals surface area contributed by atoms with Crippen molar-refractivity contribution in [3.8, 4) is 11.3 Å². The zero-order valence-corrected chi connectivity index (χ0v) is 13.4. The van der Waals surface area contributed by atoms with Gasteiger partial charge in [-0.2, -0.15) is 0 Å². The summed E-state index contributed by atoms with van der Waals surface area (Å²) >= 11 is 0. The molecule has 1 heterocycles. The number of hydrogen-bond acceptors (Lipinski definition) is 3. The zero-order valence-electron chi connectivity index (χ0n) is 13.4. The topological polar surface area (TPSA) is 51.0 Å². The maximum atomic E-state index is 12.2. The second kappa shape index (κ2) is 7.37. The number of hydrogen-bond donors (Lipinski definition) is 0. The van der Waals surface area contributed by atoms with E-state index in [2.05, 4.69) is 10.3 Å². The van der Waals surface area contributed by atoms with Gasteiger partial charge in [0.05, 0.1) is 6.20 Å². The summed E-state index contributed by atoms with van der Waals surface area (Å²) in [7, 11) is 1.74. The van der Waals surface area contributed by atoms with Crippen LogP contribution in [0.5, 0.6) is 0 Å². The average Bonchev–Trinajstić information content (AvgIpc) is 3.10. The fourth-order valence-electron chi connectivity index (χ4n) is 2.25. The molecule has 0 unspecified atom stereocenters. The molecule has 0 saturated heterocycles. The van der Waals surface area contributed by atoms with Gasteiger partial charge in [0.2, 0.25) is 5.91 Å². The van der Waals surface area contributed by atoms with Crippen LogP contribution < -0.4 is 0 Å². The summed E-state index contributed by atoms with van der Waals surface area (Å²) in [5.41, 5.74) is 2.78. The first-order valence-electron chi connectivity index (χ1n) is 7.66. The van der Waals surface area contributed by atoms with Crippen molar-refractivity contribution in [2.45, 2.75) is 6.67 Å². The Morgan fingerprint density at radius 1 is 1.08 bits per heavy atom. The van der Waals surface area contributed by atoms with Gasteiger partial charge in [0, 0.05) is 18.7 Å². The van der Waals surface area contributed by atoms with Gasteiger partial charge >= 0.3 is 0 Å². The summed E-state index contributed by atoms with van der Waals surface area (Å²) in [6.07, 6.45) is 5.19. The first kappa shape index (κ1) is 15.7. The van der Waals surface area contributed by atoms with Crippen LogP contribution >= 0.6 is 0 Å². The van der Waals surface area contributed by atoms with Gasteiger partial charge in [0.1, 0.15) is 12.4 Å². The van der Waals surface area contributed by atoms with Crippen molar-refractivity contribution in [2.24, 2.45) is 0 Å². The molecule has 0 radical (unpaired) electrons. The predicted molar refractivity (Wildman–Crippen MR) is 93.7 cm³/mol. The van der Waals surface area contributed by atoms with Gasteiger partial charge in [0.25, 0.3) is 0 Å². The molecule has 0 aliphatic heterocycles. The number of carbonyl (C=O) groups excluding carboxylic acids is 1. The van der Waals surface area contributed by atoms with Gasteiger partial charge in [-0.1, -0.05) is 65.9 Å². The molecule has 0 spiro atoms. The molecule has 0 aliphatic carbocycles. The van der Waals surface area contributed by atoms with Crippen LogP contribution in [0.15, 0.2) is 72.9 Å². The third kappa shape index (κ3) is 3.95. The van der Waals surface area contributed by atoms with Gasteiger partial charge in [-0.05, 0) is 11.6 Å². The molecule has 0 fully saturated rings. The Kier molecular flexibility index (Phi) is 4.81. The molecular weight excluding hydrogens is 300 g/mol. The van der Waals surface area contributed by atoms with E-state index in [0.717, 1.165) is 16.8 Å². The number of amides is 1. The largest absolute Gasteiger partial charge is 0.323 e. The molecule has 5 nitrogen and oxygen atoms in total. The van der Waals surface area contributed by atoms with Crippen molar-refractivity contribution in [3.05, 3.63) is 78.5 Å². The first-order chi connectivity index (χ1) is 11.7. The van der Waals surface area contributed by atoms with E-state index < -0.39 is 0 Å². The van der Waals surface area contributed by atoms with Crippen LogP contribution in [-0.4, -0.2) is 32.8 Å². The minimum absolute atomic E-state index is 0.0874. The normalized spacial score (nSPS) is 10.9. The highest BCUT2D eigenvalue weighted by Gasteiger charge is 2.08. The van der Waals surface area contributed by atoms with Crippen LogP contribution in [0, 0.1) is 0 Å². The van der Waals surface area contributed by atoms with E-state index in [9.17, 15) is 4.79 Å². The van der Waals surface area contributed by atoms with Crippen molar-refractivity contribution in [3.63, 3.8) is 0 Å². The molecule has 1 aromatic heterocycles. The molecule has 0 saturated carbocycles. The molecule has 0 aliphatic rings. The quantitative estimate of drug-likeness (QED) is 0.679. The zero-order chi connectivity index (χ0) is 16.8. The van der Waals surface area contributed by atoms with Crippen LogP contribution in [0.2, 0.25) is 0 Å². The monoisotopic (exact) mass is 318 g/mol. The molecule has 120 valence electrons. The van der Waals surface area contributed by atoms with Crippen molar-refractivity contribution in [2.75, 3.05) is 7.05 Å². The van der Waals surface area contributed by atoms with Crippen LogP contribution in [0.25, 0.3) is 17.3 Å². The summed E-state index contributed by atoms with van der Waals surface area (Å²) in [4.78, 5) is 13.8. The van der Waals surface area contributed by atoms with E-state index in [-0.39, 0.29) is 5.91 Å². The Balaban J connectivity index is 1.62. The van der Waals surface area contributed by atoms with Crippen molar-refractivity contribution >= 4 is 12.0 Å². The van der Waals surface area contributed by atoms with Gasteiger partial charge in [-0.15, -0.1) is 5.10 Å². The molecule has 0 atom stereocenters. The summed E-state index contributed by atoms with van der Waals surface area (Å²) < 4.78 is 1.65. The lowest BCUT2D eigenvalue weighted by atomic mass is 10.2. The van der Waals surface area contributed by atoms with E-state index >= 15 is 0 Å². The fourth-order valence-corrected chi connectivity index (χ4v) is 2.25. The van der Waals surface area contributed by atoms with E-state index in [4.69, 9.17) is 0 Å². The Hall–Kier alpha value is -3.21. The highest BCUT2D eigenvalue weighted by molar-refractivity contribution is 5.91. The summed E-state index contributed by atoms with van der Waals surface area (Å²) in [6.45, 7) is 0.345. The van der Waals surface area contributed by atoms with Gasteiger partial charge in [-0.3, -0.25) is 4.79 Å². The number of likely N-dealkylation sites (N-methyl/N-ethyl adjacent to an activating group) is 1. The van der Waals surface area contributed by atoms with Crippen molar-refractivity contribution in [1.82, 2.24) is 19.9 Å². The fraction of sp³-hybridized carbons (Fsp3) is 0.105. The summed E-state index contributed by atoms with van der Waals surface area (Å²) in [5, 5.41) is 8.23. The lowest BCUT2D eigenvalue weighted by Crippen LogP contribution is -2.27. The molecule has 3 rings (SSSR count). The number of nitrogens with zero attached hydrogens (tertiary/aromatic N) is 4. The number of rotatable bonds is 5. The Morgan fingerprint density at radius 2 is 1.75 bits per heavy atom. The SMILES string of the molecule is CN(Cn1cc(-c2ccccc2)nn1)C(=O)/C=C/c1ccccc1. The summed E-state index contributed by atoms with van der Waals surface area (Å²) in [5.74, 6) is -0.0874. The minimum Gasteiger partial charge on any atom is -0.323 e. The molecular formula is C19H18N4O. The molecule has 5 heteroatoms. The number of carbonyl (C=O) groups is 1. The van der Waals surface area contributed by atoms with Crippen LogP contribution in [0.3, 0.4) is 0 Å². The van der Waals surface area contributed by atoms with E-state index in [0.29, 0.717) is 6.67 Å². The average molecular weight is 318 g/mol. The third-order valence-corrected chi connectivity index (χ3v) is 3.56. The van der Waals surface area contributed by atoms with Crippen LogP contribution in [0.4, 0.5) is 0 Å². The van der Waals surface area contributed by atoms with E-state index in [1.54, 1.807) is 28.8 Å². The smallest absolute Gasteiger partial charge is 0.247 e. The molecule has 1 amide bonds. The Bertz CT molecular complexity index is 825. The standard InChI is InChI=1S/C19H18N4O/c1-22(19(24)13-12-16-8-4-2-5-9-16)15-23-14-18(20-21-23)17-10-6-3-7-11-17/h2-14H,15H2,1H3/b13-12+. The summed E-state index contributed by atoms with van der Waals surface area (Å²) in [6, 6.07) is 19.6. The van der Waals surface area contributed by atoms with E-state index in [1.165, 1.54) is 0 Å². The second-order valence-electron chi connectivity index (χ2n) is 5.43. The Morgan fingerprint density at radius 3 is 2.46 bits per heavy atom. The van der Waals surface area contributed by atoms with Gasteiger partial charge in [0.15, 0.2) is 0 Å². The molecule has 0 N–H and O–H groups in total. The maximum Gasteiger partial charge on any atom is 0.247 e. The van der Waals surface area contributed by atoms with Crippen molar-refractivity contribution < 1.29 is 4.79 Å². The van der Waals surface area contributed by atoms with Crippen molar-refractivity contribution in [1.29, 1.82) is 0 Å². The predicted octanol–water partition coefficient (Wildman–Crippen LogP) is 3.07. The van der Waals surface area contributed by atoms with Gasteiger partial charge < -0.3 is 4.90 Å². The van der Waals surface area contributed by atoms with E-state index in [1.807, 2.05) is 66.9 Å². The lowest BCUT2D eigenvalue weighted by Gasteiger charge is -2.14. The maximum absolute atomic E-state index is 12.2.